The van der Waals surface area contributed by atoms with E-state index in [0.717, 1.165) is 59.7 Å². The van der Waals surface area contributed by atoms with Crippen LogP contribution in [0.3, 0.4) is 0 Å². The summed E-state index contributed by atoms with van der Waals surface area (Å²) in [6, 6.07) is 12.2. The molecule has 162 valence electrons. The number of hydrogen-bond donors (Lipinski definition) is 1. The first-order valence-corrected chi connectivity index (χ1v) is 11.3. The average molecular weight is 427 g/mol. The zero-order valence-electron chi connectivity index (χ0n) is 18.0. The number of nitrogens with two attached hydrogens (primary N) is 1. The van der Waals surface area contributed by atoms with Gasteiger partial charge in [-0.1, -0.05) is 18.7 Å². The Balaban J connectivity index is 1.22. The smallest absolute Gasteiger partial charge is 0.292 e. The predicted octanol–water partition coefficient (Wildman–Crippen LogP) is 4.46. The molecule has 0 aliphatic carbocycles. The van der Waals surface area contributed by atoms with Gasteiger partial charge in [0, 0.05) is 37.8 Å². The van der Waals surface area contributed by atoms with Gasteiger partial charge < -0.3 is 20.0 Å². The highest BCUT2D eigenvalue weighted by Crippen LogP contribution is 2.32. The van der Waals surface area contributed by atoms with Crippen molar-refractivity contribution in [1.29, 1.82) is 0 Å². The molecule has 2 N–H and O–H groups in total. The summed E-state index contributed by atoms with van der Waals surface area (Å²) in [5, 5.41) is 0. The van der Waals surface area contributed by atoms with Crippen molar-refractivity contribution in [3.63, 3.8) is 0 Å². The zero-order valence-corrected chi connectivity index (χ0v) is 18.0. The molecule has 0 atom stereocenters. The number of hydrogen-bond acceptors (Lipinski definition) is 7. The Morgan fingerprint density at radius 2 is 1.69 bits per heavy atom. The number of rotatable bonds is 4. The number of oxazole rings is 1. The van der Waals surface area contributed by atoms with Crippen molar-refractivity contribution >= 4 is 34.0 Å². The van der Waals surface area contributed by atoms with Crippen LogP contribution in [0.4, 0.5) is 11.8 Å². The highest BCUT2D eigenvalue weighted by atomic mass is 16.4. The topological polar surface area (TPSA) is 84.3 Å². The summed E-state index contributed by atoms with van der Waals surface area (Å²) in [5.74, 6) is 1.44. The molecule has 0 saturated carbocycles. The lowest BCUT2D eigenvalue weighted by atomic mass is 9.94. The van der Waals surface area contributed by atoms with E-state index in [0.29, 0.717) is 11.5 Å². The number of benzene rings is 2. The number of anilines is 2. The molecule has 6 rings (SSSR count). The SMILES string of the molecule is C=C(C1CN(c2cnc3ccc(-c4ccc5oc(N)nc5c4)cc3n2)C1)N1CCCCC1. The highest BCUT2D eigenvalue weighted by Gasteiger charge is 2.32. The van der Waals surface area contributed by atoms with E-state index in [2.05, 4.69) is 38.5 Å². The highest BCUT2D eigenvalue weighted by molar-refractivity contribution is 5.86. The summed E-state index contributed by atoms with van der Waals surface area (Å²) < 4.78 is 5.38. The van der Waals surface area contributed by atoms with Crippen LogP contribution < -0.4 is 10.6 Å². The summed E-state index contributed by atoms with van der Waals surface area (Å²) in [7, 11) is 0. The van der Waals surface area contributed by atoms with E-state index < -0.39 is 0 Å². The second-order valence-corrected chi connectivity index (χ2v) is 8.81. The van der Waals surface area contributed by atoms with Gasteiger partial charge in [0.15, 0.2) is 5.58 Å². The quantitative estimate of drug-likeness (QED) is 0.516. The van der Waals surface area contributed by atoms with Crippen LogP contribution in [-0.2, 0) is 0 Å². The van der Waals surface area contributed by atoms with Crippen LogP contribution in [0.25, 0.3) is 33.3 Å². The van der Waals surface area contributed by atoms with E-state index in [4.69, 9.17) is 15.1 Å². The van der Waals surface area contributed by atoms with Crippen LogP contribution in [0.2, 0.25) is 0 Å². The van der Waals surface area contributed by atoms with E-state index in [-0.39, 0.29) is 6.01 Å². The first-order valence-electron chi connectivity index (χ1n) is 11.3. The fourth-order valence-corrected chi connectivity index (χ4v) is 4.77. The van der Waals surface area contributed by atoms with Gasteiger partial charge >= 0.3 is 0 Å². The molecule has 0 spiro atoms. The van der Waals surface area contributed by atoms with Crippen molar-refractivity contribution in [2.45, 2.75) is 19.3 Å². The van der Waals surface area contributed by atoms with Crippen LogP contribution in [-0.4, -0.2) is 46.0 Å². The third kappa shape index (κ3) is 3.34. The molecule has 2 aromatic heterocycles. The van der Waals surface area contributed by atoms with Crippen LogP contribution in [0.1, 0.15) is 19.3 Å². The fourth-order valence-electron chi connectivity index (χ4n) is 4.77. The second-order valence-electron chi connectivity index (χ2n) is 8.81. The lowest BCUT2D eigenvalue weighted by Crippen LogP contribution is -2.51. The number of nitrogen functional groups attached to an aromatic ring is 1. The Labute approximate surface area is 186 Å². The first kappa shape index (κ1) is 19.1. The Kier molecular flexibility index (Phi) is 4.48. The normalized spacial score (nSPS) is 17.1. The summed E-state index contributed by atoms with van der Waals surface area (Å²) >= 11 is 0. The minimum Gasteiger partial charge on any atom is -0.424 e. The zero-order chi connectivity index (χ0) is 21.7. The predicted molar refractivity (Wildman–Crippen MR) is 127 cm³/mol. The minimum absolute atomic E-state index is 0.182. The van der Waals surface area contributed by atoms with Crippen molar-refractivity contribution < 1.29 is 4.42 Å². The molecule has 2 aliphatic heterocycles. The lowest BCUT2D eigenvalue weighted by molar-refractivity contribution is 0.242. The maximum absolute atomic E-state index is 5.68. The van der Waals surface area contributed by atoms with Crippen LogP contribution >= 0.6 is 0 Å². The summed E-state index contributed by atoms with van der Waals surface area (Å²) in [4.78, 5) is 18.6. The number of nitrogens with zero attached hydrogens (tertiary/aromatic N) is 5. The molecule has 2 aliphatic rings. The van der Waals surface area contributed by atoms with Crippen molar-refractivity contribution in [2.24, 2.45) is 5.92 Å². The first-order chi connectivity index (χ1) is 15.6. The molecule has 4 aromatic rings. The van der Waals surface area contributed by atoms with Crippen molar-refractivity contribution in [2.75, 3.05) is 36.8 Å². The molecule has 7 heteroatoms. The summed E-state index contributed by atoms with van der Waals surface area (Å²) in [6.45, 7) is 8.61. The molecule has 0 bridgehead atoms. The van der Waals surface area contributed by atoms with Gasteiger partial charge in [-0.25, -0.2) is 4.98 Å². The average Bonchev–Trinajstić information content (AvgIpc) is 3.17. The van der Waals surface area contributed by atoms with E-state index in [9.17, 15) is 0 Å². The van der Waals surface area contributed by atoms with Gasteiger partial charge in [0.1, 0.15) is 11.3 Å². The number of piperidine rings is 1. The van der Waals surface area contributed by atoms with Crippen molar-refractivity contribution in [3.05, 3.63) is 54.9 Å². The van der Waals surface area contributed by atoms with Gasteiger partial charge in [0.05, 0.1) is 17.2 Å². The molecule has 4 heterocycles. The Morgan fingerprint density at radius 1 is 0.938 bits per heavy atom. The molecule has 32 heavy (non-hydrogen) atoms. The fraction of sp³-hybridized carbons (Fsp3) is 0.320. The molecule has 2 saturated heterocycles. The van der Waals surface area contributed by atoms with Gasteiger partial charge in [-0.3, -0.25) is 4.98 Å². The van der Waals surface area contributed by atoms with E-state index >= 15 is 0 Å². The minimum atomic E-state index is 0.182. The van der Waals surface area contributed by atoms with Gasteiger partial charge in [-0.2, -0.15) is 4.98 Å². The number of aromatic nitrogens is 3. The van der Waals surface area contributed by atoms with E-state index in [1.807, 2.05) is 30.5 Å². The van der Waals surface area contributed by atoms with Crippen LogP contribution in [0.15, 0.2) is 59.3 Å². The van der Waals surface area contributed by atoms with Crippen LogP contribution in [0, 0.1) is 5.92 Å². The molecule has 2 fully saturated rings. The molecule has 0 unspecified atom stereocenters. The lowest BCUT2D eigenvalue weighted by Gasteiger charge is -2.45. The maximum Gasteiger partial charge on any atom is 0.292 e. The third-order valence-electron chi connectivity index (χ3n) is 6.71. The second kappa shape index (κ2) is 7.51. The largest absolute Gasteiger partial charge is 0.424 e. The summed E-state index contributed by atoms with van der Waals surface area (Å²) in [5.41, 5.74) is 12.3. The van der Waals surface area contributed by atoms with Crippen molar-refractivity contribution in [1.82, 2.24) is 19.9 Å². The standard InChI is InChI=1S/C25H26N6O/c1-16(30-9-3-2-4-10-30)19-14-31(15-19)24-13-27-20-7-5-17(11-21(20)28-24)18-6-8-23-22(12-18)29-25(26)32-23/h5-8,11-13,19H,1-4,9-10,14-15H2,(H2,26,29). The Bertz CT molecular complexity index is 1320. The third-order valence-corrected chi connectivity index (χ3v) is 6.71. The Hall–Kier alpha value is -3.61. The van der Waals surface area contributed by atoms with Crippen LogP contribution in [0.5, 0.6) is 0 Å². The van der Waals surface area contributed by atoms with Gasteiger partial charge in [0.25, 0.3) is 6.01 Å². The van der Waals surface area contributed by atoms with Gasteiger partial charge in [-0.15, -0.1) is 0 Å². The molecular weight excluding hydrogens is 400 g/mol. The van der Waals surface area contributed by atoms with E-state index in [1.165, 1.54) is 25.0 Å². The van der Waals surface area contributed by atoms with Gasteiger partial charge in [-0.05, 0) is 54.7 Å². The molecule has 0 radical (unpaired) electrons. The number of likely N-dealkylation sites (tertiary alicyclic amines) is 1. The monoisotopic (exact) mass is 426 g/mol. The maximum atomic E-state index is 5.68. The van der Waals surface area contributed by atoms with Gasteiger partial charge in [0.2, 0.25) is 0 Å². The molecule has 7 nitrogen and oxygen atoms in total. The van der Waals surface area contributed by atoms with E-state index in [1.54, 1.807) is 0 Å². The number of fused-ring (bicyclic) bond motifs is 2. The molecule has 0 amide bonds. The van der Waals surface area contributed by atoms with Crippen molar-refractivity contribution in [3.8, 4) is 11.1 Å². The molecular formula is C25H26N6O. The Morgan fingerprint density at radius 3 is 2.50 bits per heavy atom. The molecule has 2 aromatic carbocycles. The summed E-state index contributed by atoms with van der Waals surface area (Å²) in [6.07, 6.45) is 5.79.